The molecule has 9 nitrogen and oxygen atoms in total. The third kappa shape index (κ3) is 5.04. The number of anilines is 1. The minimum atomic E-state index is -0.656. The van der Waals surface area contributed by atoms with Crippen molar-refractivity contribution in [2.45, 2.75) is 39.7 Å². The van der Waals surface area contributed by atoms with Gasteiger partial charge < -0.3 is 24.5 Å². The number of amides is 3. The van der Waals surface area contributed by atoms with Crippen LogP contribution in [0.2, 0.25) is 0 Å². The lowest BCUT2D eigenvalue weighted by atomic mass is 9.94. The van der Waals surface area contributed by atoms with E-state index in [0.717, 1.165) is 0 Å². The molecule has 0 aromatic carbocycles. The Morgan fingerprint density at radius 3 is 2.52 bits per heavy atom. The molecule has 156 valence electrons. The summed E-state index contributed by atoms with van der Waals surface area (Å²) in [7, 11) is 0. The zero-order valence-corrected chi connectivity index (χ0v) is 16.8. The smallest absolute Gasteiger partial charge is 0.287 e. The van der Waals surface area contributed by atoms with Gasteiger partial charge in [-0.3, -0.25) is 14.4 Å². The Kier molecular flexibility index (Phi) is 6.36. The fraction of sp³-hybridized carbons (Fsp3) is 0.500. The molecule has 9 heteroatoms. The maximum Gasteiger partial charge on any atom is 0.287 e. The molecule has 1 aliphatic rings. The lowest BCUT2D eigenvalue weighted by Crippen LogP contribution is -2.53. The van der Waals surface area contributed by atoms with Gasteiger partial charge >= 0.3 is 0 Å². The van der Waals surface area contributed by atoms with Crippen molar-refractivity contribution >= 4 is 23.5 Å². The number of nitrogens with zero attached hydrogens (tertiary/aromatic N) is 2. The number of rotatable bonds is 6. The Morgan fingerprint density at radius 1 is 1.24 bits per heavy atom. The van der Waals surface area contributed by atoms with E-state index in [-0.39, 0.29) is 29.4 Å². The van der Waals surface area contributed by atoms with E-state index in [1.54, 1.807) is 30.0 Å². The fourth-order valence-corrected chi connectivity index (χ4v) is 3.35. The van der Waals surface area contributed by atoms with Crippen molar-refractivity contribution in [3.63, 3.8) is 0 Å². The lowest BCUT2D eigenvalue weighted by molar-refractivity contribution is -0.137. The molecule has 2 N–H and O–H groups in total. The van der Waals surface area contributed by atoms with Gasteiger partial charge in [0.05, 0.1) is 6.26 Å². The van der Waals surface area contributed by atoms with Crippen LogP contribution in [0.15, 0.2) is 33.4 Å². The van der Waals surface area contributed by atoms with E-state index in [0.29, 0.717) is 37.5 Å². The Bertz CT molecular complexity index is 850. The first-order chi connectivity index (χ1) is 13.8. The van der Waals surface area contributed by atoms with Crippen LogP contribution in [0.4, 0.5) is 5.82 Å². The molecule has 0 spiro atoms. The van der Waals surface area contributed by atoms with Crippen molar-refractivity contribution in [1.29, 1.82) is 0 Å². The molecular formula is C20H26N4O5. The van der Waals surface area contributed by atoms with Crippen LogP contribution in [0, 0.1) is 18.8 Å². The highest BCUT2D eigenvalue weighted by atomic mass is 16.5. The normalized spacial score (nSPS) is 15.9. The first kappa shape index (κ1) is 20.6. The van der Waals surface area contributed by atoms with E-state index in [4.69, 9.17) is 8.94 Å². The van der Waals surface area contributed by atoms with Crippen molar-refractivity contribution < 1.29 is 23.3 Å². The number of likely N-dealkylation sites (tertiary alicyclic amines) is 1. The van der Waals surface area contributed by atoms with Gasteiger partial charge in [0, 0.05) is 25.1 Å². The van der Waals surface area contributed by atoms with E-state index in [1.165, 1.54) is 6.26 Å². The standard InChI is InChI=1S/C20H26N4O5/c1-12(2)17(22-19(26)15-5-4-10-28-15)20(27)24-8-6-14(7-9-24)18(25)21-16-11-13(3)29-23-16/h4-5,10-12,14,17H,6-9H2,1-3H3,(H,22,26)(H,21,23,25). The van der Waals surface area contributed by atoms with Crippen molar-refractivity contribution in [3.8, 4) is 0 Å². The molecule has 0 bridgehead atoms. The molecule has 0 aliphatic carbocycles. The Hall–Kier alpha value is -3.10. The average molecular weight is 402 g/mol. The van der Waals surface area contributed by atoms with Crippen LogP contribution in [0.25, 0.3) is 0 Å². The molecule has 1 fully saturated rings. The average Bonchev–Trinajstić information content (AvgIpc) is 3.37. The summed E-state index contributed by atoms with van der Waals surface area (Å²) in [4.78, 5) is 39.4. The van der Waals surface area contributed by atoms with Gasteiger partial charge in [-0.05, 0) is 37.8 Å². The number of carbonyl (C=O) groups excluding carboxylic acids is 3. The summed E-state index contributed by atoms with van der Waals surface area (Å²) in [6.07, 6.45) is 2.51. The van der Waals surface area contributed by atoms with Crippen LogP contribution in [0.3, 0.4) is 0 Å². The van der Waals surface area contributed by atoms with Gasteiger partial charge in [-0.15, -0.1) is 0 Å². The van der Waals surface area contributed by atoms with E-state index in [2.05, 4.69) is 15.8 Å². The first-order valence-electron chi connectivity index (χ1n) is 9.72. The summed E-state index contributed by atoms with van der Waals surface area (Å²) >= 11 is 0. The number of hydrogen-bond acceptors (Lipinski definition) is 6. The van der Waals surface area contributed by atoms with Crippen LogP contribution in [0.5, 0.6) is 0 Å². The maximum atomic E-state index is 13.0. The molecule has 29 heavy (non-hydrogen) atoms. The lowest BCUT2D eigenvalue weighted by Gasteiger charge is -2.34. The van der Waals surface area contributed by atoms with Gasteiger partial charge in [0.15, 0.2) is 11.6 Å². The molecule has 1 unspecified atom stereocenters. The number of hydrogen-bond donors (Lipinski definition) is 2. The highest BCUT2D eigenvalue weighted by Gasteiger charge is 2.33. The summed E-state index contributed by atoms with van der Waals surface area (Å²) in [5.41, 5.74) is 0. The van der Waals surface area contributed by atoms with Crippen molar-refractivity contribution in [2.24, 2.45) is 11.8 Å². The van der Waals surface area contributed by atoms with Crippen molar-refractivity contribution in [3.05, 3.63) is 36.0 Å². The van der Waals surface area contributed by atoms with Gasteiger partial charge in [-0.1, -0.05) is 19.0 Å². The summed E-state index contributed by atoms with van der Waals surface area (Å²) < 4.78 is 10.0. The molecule has 3 heterocycles. The molecule has 1 saturated heterocycles. The molecule has 0 radical (unpaired) electrons. The summed E-state index contributed by atoms with van der Waals surface area (Å²) in [6.45, 7) is 6.42. The topological polar surface area (TPSA) is 118 Å². The predicted molar refractivity (Wildman–Crippen MR) is 104 cm³/mol. The van der Waals surface area contributed by atoms with Crippen LogP contribution in [-0.4, -0.2) is 46.9 Å². The number of nitrogens with one attached hydrogen (secondary N) is 2. The second-order valence-corrected chi connectivity index (χ2v) is 7.58. The Balaban J connectivity index is 1.54. The monoisotopic (exact) mass is 402 g/mol. The maximum absolute atomic E-state index is 13.0. The van der Waals surface area contributed by atoms with E-state index >= 15 is 0 Å². The van der Waals surface area contributed by atoms with Crippen LogP contribution in [0.1, 0.15) is 43.0 Å². The van der Waals surface area contributed by atoms with Gasteiger partial charge in [0.25, 0.3) is 5.91 Å². The van der Waals surface area contributed by atoms with E-state index in [9.17, 15) is 14.4 Å². The molecule has 1 aliphatic heterocycles. The summed E-state index contributed by atoms with van der Waals surface area (Å²) in [6, 6.07) is 4.18. The number of piperidine rings is 1. The highest BCUT2D eigenvalue weighted by molar-refractivity contribution is 5.96. The Morgan fingerprint density at radius 2 is 1.97 bits per heavy atom. The third-order valence-corrected chi connectivity index (χ3v) is 5.02. The van der Waals surface area contributed by atoms with Gasteiger partial charge in [-0.2, -0.15) is 0 Å². The minimum Gasteiger partial charge on any atom is -0.459 e. The van der Waals surface area contributed by atoms with E-state index < -0.39 is 11.9 Å². The zero-order chi connectivity index (χ0) is 21.0. The van der Waals surface area contributed by atoms with Gasteiger partial charge in [0.1, 0.15) is 11.8 Å². The first-order valence-corrected chi connectivity index (χ1v) is 9.72. The fourth-order valence-electron chi connectivity index (χ4n) is 3.35. The number of carbonyl (C=O) groups is 3. The van der Waals surface area contributed by atoms with Crippen LogP contribution < -0.4 is 10.6 Å². The van der Waals surface area contributed by atoms with Gasteiger partial charge in [-0.25, -0.2) is 0 Å². The molecule has 2 aromatic heterocycles. The van der Waals surface area contributed by atoms with Crippen LogP contribution >= 0.6 is 0 Å². The Labute approximate surface area is 168 Å². The zero-order valence-electron chi connectivity index (χ0n) is 16.8. The van der Waals surface area contributed by atoms with Gasteiger partial charge in [0.2, 0.25) is 11.8 Å². The second-order valence-electron chi connectivity index (χ2n) is 7.58. The molecule has 0 saturated carbocycles. The van der Waals surface area contributed by atoms with Crippen LogP contribution in [-0.2, 0) is 9.59 Å². The number of aryl methyl sites for hydroxylation is 1. The molecule has 3 rings (SSSR count). The largest absolute Gasteiger partial charge is 0.459 e. The summed E-state index contributed by atoms with van der Waals surface area (Å²) in [5, 5.41) is 9.27. The minimum absolute atomic E-state index is 0.0853. The summed E-state index contributed by atoms with van der Waals surface area (Å²) in [5.74, 6) is 0.205. The third-order valence-electron chi connectivity index (χ3n) is 5.02. The highest BCUT2D eigenvalue weighted by Crippen LogP contribution is 2.21. The SMILES string of the molecule is Cc1cc(NC(=O)C2CCN(C(=O)C(NC(=O)c3ccco3)C(C)C)CC2)no1. The molecule has 2 aromatic rings. The molecular weight excluding hydrogens is 376 g/mol. The van der Waals surface area contributed by atoms with Crippen molar-refractivity contribution in [2.75, 3.05) is 18.4 Å². The number of aromatic nitrogens is 1. The predicted octanol–water partition coefficient (Wildman–Crippen LogP) is 2.21. The van der Waals surface area contributed by atoms with E-state index in [1.807, 2.05) is 13.8 Å². The number of furan rings is 1. The molecule has 3 amide bonds. The second kappa shape index (κ2) is 8.93. The molecule has 1 atom stereocenters. The quantitative estimate of drug-likeness (QED) is 0.765. The van der Waals surface area contributed by atoms with Crippen molar-refractivity contribution in [1.82, 2.24) is 15.4 Å².